The summed E-state index contributed by atoms with van der Waals surface area (Å²) < 4.78 is 0. The summed E-state index contributed by atoms with van der Waals surface area (Å²) in [6.45, 7) is 2.15. The molecular formula is C17H29ClN2O. The zero-order chi connectivity index (χ0) is 13.7. The van der Waals surface area contributed by atoms with Crippen molar-refractivity contribution in [3.63, 3.8) is 0 Å². The molecule has 0 spiro atoms. The monoisotopic (exact) mass is 312 g/mol. The zero-order valence-electron chi connectivity index (χ0n) is 13.1. The molecule has 5 rings (SSSR count). The second-order valence-corrected chi connectivity index (χ2v) is 7.89. The number of carbonyl (C=O) groups is 1. The molecule has 5 fully saturated rings. The highest BCUT2D eigenvalue weighted by Crippen LogP contribution is 2.56. The van der Waals surface area contributed by atoms with Crippen LogP contribution in [0.1, 0.15) is 44.9 Å². The number of nitrogens with zero attached hydrogens (tertiary/aromatic N) is 1. The van der Waals surface area contributed by atoms with Gasteiger partial charge in [-0.1, -0.05) is 0 Å². The molecule has 0 aromatic carbocycles. The van der Waals surface area contributed by atoms with Gasteiger partial charge in [-0.15, -0.1) is 12.4 Å². The minimum Gasteiger partial charge on any atom is -0.342 e. The van der Waals surface area contributed by atoms with Crippen LogP contribution in [0, 0.1) is 29.6 Å². The Morgan fingerprint density at radius 1 is 0.952 bits per heavy atom. The van der Waals surface area contributed by atoms with E-state index in [-0.39, 0.29) is 12.4 Å². The van der Waals surface area contributed by atoms with Crippen LogP contribution in [0.3, 0.4) is 0 Å². The maximum Gasteiger partial charge on any atom is 0.226 e. The third-order valence-electron chi connectivity index (χ3n) is 6.72. The molecule has 0 aromatic heterocycles. The van der Waals surface area contributed by atoms with Crippen molar-refractivity contribution < 1.29 is 4.79 Å². The van der Waals surface area contributed by atoms with Gasteiger partial charge in [0.1, 0.15) is 0 Å². The molecule has 21 heavy (non-hydrogen) atoms. The van der Waals surface area contributed by atoms with E-state index in [4.69, 9.17) is 0 Å². The number of halogens is 1. The van der Waals surface area contributed by atoms with Gasteiger partial charge in [-0.25, -0.2) is 0 Å². The number of piperidine rings is 1. The first-order chi connectivity index (χ1) is 9.72. The number of nitrogens with one attached hydrogen (secondary N) is 1. The Balaban J connectivity index is 0.00000132. The first kappa shape index (κ1) is 15.6. The quantitative estimate of drug-likeness (QED) is 0.850. The molecule has 3 nitrogen and oxygen atoms in total. The Kier molecular flexibility index (Phi) is 4.52. The topological polar surface area (TPSA) is 32.3 Å². The van der Waals surface area contributed by atoms with Crippen LogP contribution in [0.15, 0.2) is 0 Å². The number of hydrogen-bond acceptors (Lipinski definition) is 2. The van der Waals surface area contributed by atoms with E-state index >= 15 is 0 Å². The SMILES string of the molecule is CN(C(=O)C1C2CC3CC(C2)CC1C3)C1CCNCC1.Cl. The molecule has 4 aliphatic carbocycles. The van der Waals surface area contributed by atoms with Crippen LogP contribution in [0.25, 0.3) is 0 Å². The van der Waals surface area contributed by atoms with E-state index in [2.05, 4.69) is 17.3 Å². The lowest BCUT2D eigenvalue weighted by Gasteiger charge is -2.54. The van der Waals surface area contributed by atoms with E-state index in [0.717, 1.165) is 49.6 Å². The van der Waals surface area contributed by atoms with Crippen molar-refractivity contribution in [2.75, 3.05) is 20.1 Å². The van der Waals surface area contributed by atoms with Crippen molar-refractivity contribution in [1.82, 2.24) is 10.2 Å². The molecule has 0 atom stereocenters. The van der Waals surface area contributed by atoms with E-state index in [1.165, 1.54) is 32.1 Å². The van der Waals surface area contributed by atoms with Crippen molar-refractivity contribution in [2.45, 2.75) is 51.0 Å². The van der Waals surface area contributed by atoms with Gasteiger partial charge in [0.2, 0.25) is 5.91 Å². The molecule has 0 unspecified atom stereocenters. The summed E-state index contributed by atoms with van der Waals surface area (Å²) in [6.07, 6.45) is 9.14. The number of amides is 1. The number of rotatable bonds is 2. The smallest absolute Gasteiger partial charge is 0.226 e. The Labute approximate surface area is 134 Å². The molecule has 1 saturated heterocycles. The fourth-order valence-electron chi connectivity index (χ4n) is 5.94. The van der Waals surface area contributed by atoms with E-state index in [0.29, 0.717) is 17.9 Å². The van der Waals surface area contributed by atoms with Gasteiger partial charge in [-0.05, 0) is 81.7 Å². The highest BCUT2D eigenvalue weighted by molar-refractivity contribution is 5.85. The van der Waals surface area contributed by atoms with Gasteiger partial charge < -0.3 is 10.2 Å². The van der Waals surface area contributed by atoms with Gasteiger partial charge in [0.25, 0.3) is 0 Å². The summed E-state index contributed by atoms with van der Waals surface area (Å²) in [4.78, 5) is 15.2. The minimum atomic E-state index is 0. The van der Waals surface area contributed by atoms with Gasteiger partial charge in [0.05, 0.1) is 0 Å². The van der Waals surface area contributed by atoms with Crippen molar-refractivity contribution >= 4 is 18.3 Å². The Morgan fingerprint density at radius 2 is 1.48 bits per heavy atom. The molecule has 1 heterocycles. The van der Waals surface area contributed by atoms with Gasteiger partial charge in [-0.2, -0.15) is 0 Å². The average Bonchev–Trinajstić information content (AvgIpc) is 2.46. The van der Waals surface area contributed by atoms with Crippen LogP contribution in [-0.4, -0.2) is 37.0 Å². The van der Waals surface area contributed by atoms with Crippen LogP contribution in [0.5, 0.6) is 0 Å². The van der Waals surface area contributed by atoms with Crippen molar-refractivity contribution in [3.05, 3.63) is 0 Å². The molecule has 0 radical (unpaired) electrons. The summed E-state index contributed by atoms with van der Waals surface area (Å²) in [6, 6.07) is 0.487. The van der Waals surface area contributed by atoms with Crippen LogP contribution in [-0.2, 0) is 4.79 Å². The highest BCUT2D eigenvalue weighted by Gasteiger charge is 2.51. The van der Waals surface area contributed by atoms with Crippen molar-refractivity contribution in [2.24, 2.45) is 29.6 Å². The Bertz CT molecular complexity index is 366. The minimum absolute atomic E-state index is 0. The molecule has 1 amide bonds. The predicted molar refractivity (Wildman–Crippen MR) is 86.4 cm³/mol. The maximum atomic E-state index is 13.0. The summed E-state index contributed by atoms with van der Waals surface area (Å²) >= 11 is 0. The van der Waals surface area contributed by atoms with E-state index in [1.807, 2.05) is 0 Å². The standard InChI is InChI=1S/C17H28N2O.ClH/c1-19(15-2-4-18-5-3-15)17(20)16-13-7-11-6-12(9-13)10-14(16)8-11;/h11-16,18H,2-10H2,1H3;1H. The second-order valence-electron chi connectivity index (χ2n) is 7.89. The summed E-state index contributed by atoms with van der Waals surface area (Å²) in [5.41, 5.74) is 0. The average molecular weight is 313 g/mol. The largest absolute Gasteiger partial charge is 0.342 e. The van der Waals surface area contributed by atoms with E-state index in [1.54, 1.807) is 0 Å². The second kappa shape index (κ2) is 6.08. The van der Waals surface area contributed by atoms with E-state index < -0.39 is 0 Å². The van der Waals surface area contributed by atoms with E-state index in [9.17, 15) is 4.79 Å². The van der Waals surface area contributed by atoms with Gasteiger partial charge in [0, 0.05) is 19.0 Å². The lowest BCUT2D eigenvalue weighted by atomic mass is 9.51. The maximum absolute atomic E-state index is 13.0. The molecule has 5 aliphatic rings. The van der Waals surface area contributed by atoms with Gasteiger partial charge in [-0.3, -0.25) is 4.79 Å². The summed E-state index contributed by atoms with van der Waals surface area (Å²) in [5, 5.41) is 3.40. The lowest BCUT2D eigenvalue weighted by Crippen LogP contribution is -2.54. The van der Waals surface area contributed by atoms with Crippen LogP contribution in [0.4, 0.5) is 0 Å². The molecule has 4 heteroatoms. The number of hydrogen-bond donors (Lipinski definition) is 1. The molecule has 4 saturated carbocycles. The number of carbonyl (C=O) groups excluding carboxylic acids is 1. The molecule has 1 aliphatic heterocycles. The lowest BCUT2D eigenvalue weighted by molar-refractivity contribution is -0.150. The van der Waals surface area contributed by atoms with Gasteiger partial charge in [0.15, 0.2) is 0 Å². The van der Waals surface area contributed by atoms with Crippen molar-refractivity contribution in [3.8, 4) is 0 Å². The fraction of sp³-hybridized carbons (Fsp3) is 0.941. The fourth-order valence-corrected chi connectivity index (χ4v) is 5.94. The Hall–Kier alpha value is -0.280. The summed E-state index contributed by atoms with van der Waals surface area (Å²) in [5.74, 6) is 4.25. The Morgan fingerprint density at radius 3 is 2.00 bits per heavy atom. The summed E-state index contributed by atoms with van der Waals surface area (Å²) in [7, 11) is 2.07. The molecule has 4 bridgehead atoms. The van der Waals surface area contributed by atoms with Crippen LogP contribution >= 0.6 is 12.4 Å². The third-order valence-corrected chi connectivity index (χ3v) is 6.72. The molecule has 120 valence electrons. The zero-order valence-corrected chi connectivity index (χ0v) is 13.9. The third kappa shape index (κ3) is 2.72. The predicted octanol–water partition coefficient (Wildman–Crippen LogP) is 2.69. The van der Waals surface area contributed by atoms with Crippen LogP contribution < -0.4 is 5.32 Å². The molecular weight excluding hydrogens is 284 g/mol. The normalized spacial score (nSPS) is 41.7. The molecule has 0 aromatic rings. The first-order valence-corrected chi connectivity index (χ1v) is 8.69. The molecule has 1 N–H and O–H groups in total. The van der Waals surface area contributed by atoms with Crippen LogP contribution in [0.2, 0.25) is 0 Å². The van der Waals surface area contributed by atoms with Gasteiger partial charge >= 0.3 is 0 Å². The first-order valence-electron chi connectivity index (χ1n) is 8.69. The van der Waals surface area contributed by atoms with Crippen molar-refractivity contribution in [1.29, 1.82) is 0 Å². The highest BCUT2D eigenvalue weighted by atomic mass is 35.5.